The van der Waals surface area contributed by atoms with Crippen LogP contribution in [0.4, 0.5) is 0 Å². The van der Waals surface area contributed by atoms with Crippen LogP contribution in [0.15, 0.2) is 36.7 Å². The van der Waals surface area contributed by atoms with Crippen molar-refractivity contribution in [3.8, 4) is 0 Å². The third kappa shape index (κ3) is 31.2. The summed E-state index contributed by atoms with van der Waals surface area (Å²) in [5, 5.41) is 0. The molecule has 44 heavy (non-hydrogen) atoms. The Hall–Kier alpha value is -0.820. The molecule has 0 aliphatic carbocycles. The van der Waals surface area contributed by atoms with Crippen LogP contribution in [0.2, 0.25) is 0 Å². The number of unbranched alkanes of at least 4 members (excludes halogenated alkanes) is 28. The predicted molar refractivity (Wildman–Crippen MR) is 194 cm³/mol. The van der Waals surface area contributed by atoms with Crippen LogP contribution in [-0.2, 0) is 13.0 Å². The van der Waals surface area contributed by atoms with E-state index in [1.165, 1.54) is 218 Å². The first kappa shape index (κ1) is 43.2. The molecule has 0 aliphatic heterocycles. The van der Waals surface area contributed by atoms with Crippen LogP contribution in [-0.4, -0.2) is 0 Å². The van der Waals surface area contributed by atoms with Gasteiger partial charge in [0, 0.05) is 18.6 Å². The minimum absolute atomic E-state index is 0. The Bertz CT molecular complexity index is 682. The second-order valence-electron chi connectivity index (χ2n) is 13.8. The first-order valence-electron chi connectivity index (χ1n) is 20.0. The average Bonchev–Trinajstić information content (AvgIpc) is 3.03. The van der Waals surface area contributed by atoms with Crippen molar-refractivity contribution >= 4 is 0 Å². The molecule has 0 saturated heterocycles. The number of allylic oxidation sites excluding steroid dienone is 2. The summed E-state index contributed by atoms with van der Waals surface area (Å²) in [6, 6.07) is 4.74. The molecule has 1 heterocycles. The van der Waals surface area contributed by atoms with Crippen molar-refractivity contribution in [3.63, 3.8) is 0 Å². The van der Waals surface area contributed by atoms with E-state index in [4.69, 9.17) is 0 Å². The van der Waals surface area contributed by atoms with E-state index in [1.54, 1.807) is 0 Å². The summed E-state index contributed by atoms with van der Waals surface area (Å²) in [6.07, 6.45) is 54.7. The lowest BCUT2D eigenvalue weighted by Crippen LogP contribution is -3.00. The van der Waals surface area contributed by atoms with Gasteiger partial charge in [-0.15, -0.1) is 0 Å². The normalized spacial score (nSPS) is 11.4. The Morgan fingerprint density at radius 2 is 0.727 bits per heavy atom. The van der Waals surface area contributed by atoms with Gasteiger partial charge in [-0.25, -0.2) is 4.57 Å². The molecule has 0 spiro atoms. The highest BCUT2D eigenvalue weighted by Gasteiger charge is 2.02. The van der Waals surface area contributed by atoms with Gasteiger partial charge in [0.1, 0.15) is 6.54 Å². The maximum Gasteiger partial charge on any atom is 0.169 e. The highest BCUT2D eigenvalue weighted by atomic mass is 35.5. The lowest BCUT2D eigenvalue weighted by molar-refractivity contribution is -0.697. The number of halogens is 1. The van der Waals surface area contributed by atoms with E-state index in [9.17, 15) is 0 Å². The first-order chi connectivity index (χ1) is 21.4. The molecule has 0 N–H and O–H groups in total. The van der Waals surface area contributed by atoms with Gasteiger partial charge in [-0.1, -0.05) is 180 Å². The molecule has 2 heteroatoms. The first-order valence-corrected chi connectivity index (χ1v) is 20.0. The van der Waals surface area contributed by atoms with Crippen molar-refractivity contribution in [1.29, 1.82) is 0 Å². The second-order valence-corrected chi connectivity index (χ2v) is 13.8. The zero-order valence-corrected chi connectivity index (χ0v) is 30.9. The molecule has 1 rings (SSSR count). The third-order valence-electron chi connectivity index (χ3n) is 9.46. The van der Waals surface area contributed by atoms with E-state index in [0.717, 1.165) is 0 Å². The highest BCUT2D eigenvalue weighted by Crippen LogP contribution is 2.15. The van der Waals surface area contributed by atoms with Gasteiger partial charge in [-0.2, -0.15) is 0 Å². The van der Waals surface area contributed by atoms with Crippen LogP contribution in [0, 0.1) is 0 Å². The summed E-state index contributed by atoms with van der Waals surface area (Å²) in [7, 11) is 0. The molecular formula is C42H78ClN. The summed E-state index contributed by atoms with van der Waals surface area (Å²) in [6.45, 7) is 5.78. The summed E-state index contributed by atoms with van der Waals surface area (Å²) >= 11 is 0. The Morgan fingerprint density at radius 1 is 0.409 bits per heavy atom. The summed E-state index contributed by atoms with van der Waals surface area (Å²) in [5.74, 6) is 0. The van der Waals surface area contributed by atoms with E-state index in [1.807, 2.05) is 0 Å². The van der Waals surface area contributed by atoms with Gasteiger partial charge in [0.2, 0.25) is 0 Å². The van der Waals surface area contributed by atoms with Crippen LogP contribution in [0.25, 0.3) is 0 Å². The smallest absolute Gasteiger partial charge is 0.169 e. The Balaban J connectivity index is 0.0000185. The largest absolute Gasteiger partial charge is 1.00 e. The monoisotopic (exact) mass is 632 g/mol. The van der Waals surface area contributed by atoms with Crippen LogP contribution in [0.1, 0.15) is 218 Å². The van der Waals surface area contributed by atoms with Crippen LogP contribution >= 0.6 is 0 Å². The summed E-state index contributed by atoms with van der Waals surface area (Å²) in [5.41, 5.74) is 1.53. The number of nitrogens with zero attached hydrogens (tertiary/aromatic N) is 1. The van der Waals surface area contributed by atoms with Crippen LogP contribution < -0.4 is 17.0 Å². The molecule has 0 bridgehead atoms. The van der Waals surface area contributed by atoms with E-state index < -0.39 is 0 Å². The summed E-state index contributed by atoms with van der Waals surface area (Å²) < 4.78 is 2.40. The zero-order chi connectivity index (χ0) is 30.7. The van der Waals surface area contributed by atoms with Crippen LogP contribution in [0.3, 0.4) is 0 Å². The molecule has 1 aromatic heterocycles. The van der Waals surface area contributed by atoms with Gasteiger partial charge in [0.15, 0.2) is 12.4 Å². The second kappa shape index (κ2) is 36.6. The lowest BCUT2D eigenvalue weighted by atomic mass is 10.0. The van der Waals surface area contributed by atoms with Crippen molar-refractivity contribution in [2.45, 2.75) is 226 Å². The minimum Gasteiger partial charge on any atom is -1.00 e. The Kier molecular flexibility index (Phi) is 36.0. The highest BCUT2D eigenvalue weighted by molar-refractivity contribution is 5.07. The molecule has 1 aromatic rings. The molecule has 258 valence electrons. The predicted octanol–water partition coefficient (Wildman–Crippen LogP) is 11.2. The van der Waals surface area contributed by atoms with Gasteiger partial charge in [-0.3, -0.25) is 0 Å². The number of rotatable bonds is 34. The van der Waals surface area contributed by atoms with Crippen molar-refractivity contribution in [3.05, 3.63) is 42.2 Å². The SMILES string of the molecule is CCCCCCCC/C=C\CCCCCCCC[n+]1ccc(CCCCCCCCCCCCCCCCCCC)cc1.[Cl-]. The topological polar surface area (TPSA) is 3.88 Å². The van der Waals surface area contributed by atoms with Crippen molar-refractivity contribution in [1.82, 2.24) is 0 Å². The quantitative estimate of drug-likeness (QED) is 0.0404. The molecule has 0 atom stereocenters. The van der Waals surface area contributed by atoms with Crippen molar-refractivity contribution < 1.29 is 17.0 Å². The lowest BCUT2D eigenvalue weighted by Gasteiger charge is -2.04. The maximum absolute atomic E-state index is 2.44. The standard InChI is InChI=1S/C42H78N.ClH/c1-3-5-7-9-11-13-15-17-19-21-22-24-26-28-30-32-34-36-42-37-40-43(41-38-42)39-35-33-31-29-27-25-23-20-18-16-14-12-10-8-6-4-2;/h18,20,37-38,40-41H,3-17,19,21-36,39H2,1-2H3;1H/q+1;/p-1/b20-18-;. The fourth-order valence-electron chi connectivity index (χ4n) is 6.40. The van der Waals surface area contributed by atoms with Crippen molar-refractivity contribution in [2.24, 2.45) is 0 Å². The zero-order valence-electron chi connectivity index (χ0n) is 30.1. The van der Waals surface area contributed by atoms with Crippen molar-refractivity contribution in [2.75, 3.05) is 0 Å². The number of pyridine rings is 1. The van der Waals surface area contributed by atoms with Crippen LogP contribution in [0.5, 0.6) is 0 Å². The fraction of sp³-hybridized carbons (Fsp3) is 0.833. The van der Waals surface area contributed by atoms with E-state index in [0.29, 0.717) is 0 Å². The molecule has 0 fully saturated rings. The molecular weight excluding hydrogens is 554 g/mol. The molecule has 0 aromatic carbocycles. The summed E-state index contributed by atoms with van der Waals surface area (Å²) in [4.78, 5) is 0. The number of hydrogen-bond acceptors (Lipinski definition) is 0. The van der Waals surface area contributed by atoms with Gasteiger partial charge < -0.3 is 12.4 Å². The van der Waals surface area contributed by atoms with Gasteiger partial charge in [0.25, 0.3) is 0 Å². The molecule has 0 aliphatic rings. The number of hydrogen-bond donors (Lipinski definition) is 0. The molecule has 0 amide bonds. The molecule has 1 nitrogen and oxygen atoms in total. The number of aromatic nitrogens is 1. The molecule has 0 saturated carbocycles. The van der Waals surface area contributed by atoms with E-state index >= 15 is 0 Å². The van der Waals surface area contributed by atoms with Gasteiger partial charge in [0.05, 0.1) is 0 Å². The maximum atomic E-state index is 2.44. The van der Waals surface area contributed by atoms with Gasteiger partial charge in [-0.05, 0) is 50.5 Å². The van der Waals surface area contributed by atoms with E-state index in [2.05, 4.69) is 55.1 Å². The fourth-order valence-corrected chi connectivity index (χ4v) is 6.40. The minimum atomic E-state index is 0. The Labute approximate surface area is 284 Å². The molecule has 0 unspecified atom stereocenters. The average molecular weight is 633 g/mol. The Morgan fingerprint density at radius 3 is 1.11 bits per heavy atom. The third-order valence-corrected chi connectivity index (χ3v) is 9.46. The number of aryl methyl sites for hydroxylation is 2. The molecule has 0 radical (unpaired) electrons. The van der Waals surface area contributed by atoms with Gasteiger partial charge >= 0.3 is 0 Å². The van der Waals surface area contributed by atoms with E-state index in [-0.39, 0.29) is 12.4 Å².